The molecule has 1 aliphatic rings. The molecule has 1 heteroatoms. The van der Waals surface area contributed by atoms with Gasteiger partial charge in [-0.25, -0.2) is 0 Å². The summed E-state index contributed by atoms with van der Waals surface area (Å²) in [5, 5.41) is 0. The zero-order valence-electron chi connectivity index (χ0n) is 20.6. The minimum Gasteiger partial charge on any atom is -0.335 e. The third kappa shape index (κ3) is 3.47. The smallest absolute Gasteiger partial charge is 0.0495 e. The minimum atomic E-state index is -0.0997. The molecule has 0 N–H and O–H groups in total. The average molecular weight is 432 g/mol. The number of hydrogen-bond donors (Lipinski definition) is 0. The first-order chi connectivity index (χ1) is 15.7. The van der Waals surface area contributed by atoms with Crippen molar-refractivity contribution in [3.05, 3.63) is 108 Å². The highest BCUT2D eigenvalue weighted by Gasteiger charge is 2.37. The lowest BCUT2D eigenvalue weighted by atomic mass is 9.82. The lowest BCUT2D eigenvalue weighted by Gasteiger charge is -2.40. The second-order valence-electron chi connectivity index (χ2n) is 10.7. The summed E-state index contributed by atoms with van der Waals surface area (Å²) >= 11 is 0. The van der Waals surface area contributed by atoms with E-state index in [4.69, 9.17) is 0 Å². The molecule has 0 fully saturated rings. The summed E-state index contributed by atoms with van der Waals surface area (Å²) in [5.74, 6) is 0. The molecule has 5 rings (SSSR count). The molecular weight excluding hydrogens is 398 g/mol. The maximum atomic E-state index is 2.53. The van der Waals surface area contributed by atoms with Crippen LogP contribution in [0.1, 0.15) is 51.3 Å². The number of para-hydroxylation sites is 1. The van der Waals surface area contributed by atoms with E-state index in [0.717, 1.165) is 0 Å². The molecule has 1 aliphatic carbocycles. The molecule has 0 spiro atoms. The third-order valence-electron chi connectivity index (χ3n) is 7.04. The zero-order valence-corrected chi connectivity index (χ0v) is 20.6. The molecule has 166 valence electrons. The molecule has 4 aromatic rings. The van der Waals surface area contributed by atoms with Gasteiger partial charge in [0.15, 0.2) is 0 Å². The summed E-state index contributed by atoms with van der Waals surface area (Å²) in [7, 11) is 0. The van der Waals surface area contributed by atoms with Gasteiger partial charge in [0, 0.05) is 27.9 Å². The Bertz CT molecular complexity index is 1320. The Labute approximate surface area is 198 Å². The van der Waals surface area contributed by atoms with E-state index in [0.29, 0.717) is 0 Å². The largest absolute Gasteiger partial charge is 0.335 e. The summed E-state index contributed by atoms with van der Waals surface area (Å²) in [6, 6.07) is 33.3. The Kier molecular flexibility index (Phi) is 4.97. The van der Waals surface area contributed by atoms with Crippen molar-refractivity contribution >= 4 is 11.4 Å². The van der Waals surface area contributed by atoms with E-state index >= 15 is 0 Å². The van der Waals surface area contributed by atoms with Gasteiger partial charge in [0.05, 0.1) is 0 Å². The van der Waals surface area contributed by atoms with E-state index in [-0.39, 0.29) is 11.0 Å². The highest BCUT2D eigenvalue weighted by molar-refractivity contribution is 5.88. The maximum absolute atomic E-state index is 2.53. The Hall–Kier alpha value is -3.32. The maximum Gasteiger partial charge on any atom is 0.0495 e. The van der Waals surface area contributed by atoms with Crippen LogP contribution in [0.15, 0.2) is 91.0 Å². The minimum absolute atomic E-state index is 0.0176. The molecule has 0 saturated heterocycles. The predicted molar refractivity (Wildman–Crippen MR) is 143 cm³/mol. The molecule has 0 radical (unpaired) electrons. The third-order valence-corrected chi connectivity index (χ3v) is 7.04. The van der Waals surface area contributed by atoms with Crippen molar-refractivity contribution in [1.29, 1.82) is 0 Å². The molecule has 1 nitrogen and oxygen atoms in total. The van der Waals surface area contributed by atoms with Gasteiger partial charge < -0.3 is 4.90 Å². The molecule has 33 heavy (non-hydrogen) atoms. The van der Waals surface area contributed by atoms with Gasteiger partial charge in [-0.2, -0.15) is 0 Å². The van der Waals surface area contributed by atoms with E-state index in [1.54, 1.807) is 0 Å². The molecular formula is C32H33N. The second kappa shape index (κ2) is 7.63. The van der Waals surface area contributed by atoms with Crippen LogP contribution < -0.4 is 4.90 Å². The van der Waals surface area contributed by atoms with Crippen molar-refractivity contribution in [3.8, 4) is 22.3 Å². The summed E-state index contributed by atoms with van der Waals surface area (Å²) in [6.07, 6.45) is 0. The van der Waals surface area contributed by atoms with Crippen molar-refractivity contribution in [1.82, 2.24) is 0 Å². The fourth-order valence-corrected chi connectivity index (χ4v) is 5.47. The van der Waals surface area contributed by atoms with Gasteiger partial charge in [-0.05, 0) is 73.2 Å². The second-order valence-corrected chi connectivity index (χ2v) is 10.7. The number of fused-ring (bicyclic) bond motifs is 3. The number of benzene rings is 4. The normalized spacial score (nSPS) is 14.0. The molecule has 0 aromatic heterocycles. The molecule has 4 aromatic carbocycles. The van der Waals surface area contributed by atoms with Crippen LogP contribution in [0.25, 0.3) is 22.3 Å². The van der Waals surface area contributed by atoms with Gasteiger partial charge >= 0.3 is 0 Å². The Balaban J connectivity index is 1.76. The average Bonchev–Trinajstić information content (AvgIpc) is 3.01. The first-order valence-corrected chi connectivity index (χ1v) is 11.9. The van der Waals surface area contributed by atoms with Gasteiger partial charge in [0.1, 0.15) is 0 Å². The van der Waals surface area contributed by atoms with E-state index in [2.05, 4.69) is 137 Å². The molecule has 0 amide bonds. The Morgan fingerprint density at radius 3 is 1.91 bits per heavy atom. The number of rotatable bonds is 3. The predicted octanol–water partition coefficient (Wildman–Crippen LogP) is 8.90. The van der Waals surface area contributed by atoms with Crippen molar-refractivity contribution in [2.75, 3.05) is 4.90 Å². The van der Waals surface area contributed by atoms with Gasteiger partial charge in [0.25, 0.3) is 0 Å². The van der Waals surface area contributed by atoms with Crippen molar-refractivity contribution in [3.63, 3.8) is 0 Å². The highest BCUT2D eigenvalue weighted by Crippen LogP contribution is 2.51. The van der Waals surface area contributed by atoms with E-state index in [1.807, 2.05) is 0 Å². The summed E-state index contributed by atoms with van der Waals surface area (Å²) in [4.78, 5) is 2.53. The van der Waals surface area contributed by atoms with Gasteiger partial charge in [-0.15, -0.1) is 0 Å². The van der Waals surface area contributed by atoms with Crippen LogP contribution in [0.2, 0.25) is 0 Å². The quantitative estimate of drug-likeness (QED) is 0.313. The van der Waals surface area contributed by atoms with Crippen LogP contribution >= 0.6 is 0 Å². The van der Waals surface area contributed by atoms with Crippen LogP contribution in [0.3, 0.4) is 0 Å². The standard InChI is InChI=1S/C32H33N/c1-22-20-28-26(25-17-10-12-18-27(25)32(28,5)6)21-30(22)33(31(2,3)4)29-19-13-11-16-24(29)23-14-8-7-9-15-23/h7-21H,1-6H3. The van der Waals surface area contributed by atoms with E-state index in [1.165, 1.54) is 50.3 Å². The van der Waals surface area contributed by atoms with Gasteiger partial charge in [-0.3, -0.25) is 0 Å². The molecule has 0 aliphatic heterocycles. The van der Waals surface area contributed by atoms with Crippen LogP contribution in [0.5, 0.6) is 0 Å². The van der Waals surface area contributed by atoms with Crippen LogP contribution in [-0.2, 0) is 5.41 Å². The Morgan fingerprint density at radius 2 is 1.21 bits per heavy atom. The summed E-state index contributed by atoms with van der Waals surface area (Å²) in [6.45, 7) is 13.9. The van der Waals surface area contributed by atoms with Crippen molar-refractivity contribution in [2.45, 2.75) is 52.5 Å². The van der Waals surface area contributed by atoms with Crippen molar-refractivity contribution < 1.29 is 0 Å². The molecule has 0 unspecified atom stereocenters. The van der Waals surface area contributed by atoms with Crippen LogP contribution in [-0.4, -0.2) is 5.54 Å². The zero-order chi connectivity index (χ0) is 23.4. The topological polar surface area (TPSA) is 3.24 Å². The molecule has 0 heterocycles. The first kappa shape index (κ1) is 21.5. The van der Waals surface area contributed by atoms with Crippen LogP contribution in [0.4, 0.5) is 11.4 Å². The number of hydrogen-bond acceptors (Lipinski definition) is 1. The SMILES string of the molecule is Cc1cc2c(cc1N(c1ccccc1-c1ccccc1)C(C)(C)C)-c1ccccc1C2(C)C. The summed E-state index contributed by atoms with van der Waals surface area (Å²) in [5.41, 5.74) is 11.8. The number of aryl methyl sites for hydroxylation is 1. The van der Waals surface area contributed by atoms with Crippen molar-refractivity contribution in [2.24, 2.45) is 0 Å². The number of nitrogens with zero attached hydrogens (tertiary/aromatic N) is 1. The lowest BCUT2D eigenvalue weighted by Crippen LogP contribution is -2.38. The van der Waals surface area contributed by atoms with Gasteiger partial charge in [-0.1, -0.05) is 92.7 Å². The highest BCUT2D eigenvalue weighted by atomic mass is 15.2. The Morgan fingerprint density at radius 1 is 0.606 bits per heavy atom. The van der Waals surface area contributed by atoms with Gasteiger partial charge in [0.2, 0.25) is 0 Å². The van der Waals surface area contributed by atoms with Crippen LogP contribution in [0, 0.1) is 6.92 Å². The molecule has 0 saturated carbocycles. The summed E-state index contributed by atoms with van der Waals surface area (Å²) < 4.78 is 0. The fraction of sp³-hybridized carbons (Fsp3) is 0.250. The molecule has 0 bridgehead atoms. The first-order valence-electron chi connectivity index (χ1n) is 11.9. The fourth-order valence-electron chi connectivity index (χ4n) is 5.47. The monoisotopic (exact) mass is 431 g/mol. The molecule has 0 atom stereocenters. The lowest BCUT2D eigenvalue weighted by molar-refractivity contribution is 0.559. The number of anilines is 2. The van der Waals surface area contributed by atoms with E-state index in [9.17, 15) is 0 Å². The van der Waals surface area contributed by atoms with E-state index < -0.39 is 0 Å².